The summed E-state index contributed by atoms with van der Waals surface area (Å²) in [5.74, 6) is -0.0870. The van der Waals surface area contributed by atoms with E-state index in [2.05, 4.69) is 31.2 Å². The minimum atomic E-state index is -0.0870. The summed E-state index contributed by atoms with van der Waals surface area (Å²) in [6.07, 6.45) is 1.66. The molecule has 2 aromatic carbocycles. The molecule has 2 N–H and O–H groups in total. The van der Waals surface area contributed by atoms with E-state index in [4.69, 9.17) is 0 Å². The van der Waals surface area contributed by atoms with Crippen LogP contribution in [0.5, 0.6) is 0 Å². The molecule has 1 heterocycles. The van der Waals surface area contributed by atoms with Crippen LogP contribution in [0.4, 0.5) is 0 Å². The van der Waals surface area contributed by atoms with E-state index in [1.807, 2.05) is 30.3 Å². The van der Waals surface area contributed by atoms with E-state index in [1.54, 1.807) is 18.5 Å². The van der Waals surface area contributed by atoms with Crippen molar-refractivity contribution in [2.45, 2.75) is 6.54 Å². The van der Waals surface area contributed by atoms with Gasteiger partial charge in [-0.3, -0.25) is 4.79 Å². The van der Waals surface area contributed by atoms with Gasteiger partial charge in [0.2, 0.25) is 0 Å². The Bertz CT molecular complexity index is 766. The van der Waals surface area contributed by atoms with Crippen molar-refractivity contribution in [2.24, 2.45) is 0 Å². The Balaban J connectivity index is 1.71. The molecule has 0 saturated heterocycles. The number of nitrogens with one attached hydrogen (secondary N) is 2. The monoisotopic (exact) mass is 329 g/mol. The third kappa shape index (κ3) is 2.72. The highest BCUT2D eigenvalue weighted by atomic mass is 79.9. The standard InChI is InChI=1S/C15H12BrN3O/c16-12-3-1-2-11(7-12)15(20)17-8-10-4-5-13-14(6-10)19-9-18-13/h1-7,9H,8H2,(H,17,20)(H,18,19). The number of rotatable bonds is 3. The molecule has 20 heavy (non-hydrogen) atoms. The summed E-state index contributed by atoms with van der Waals surface area (Å²) in [6, 6.07) is 13.2. The molecule has 0 aliphatic carbocycles. The second kappa shape index (κ2) is 5.46. The molecule has 5 heteroatoms. The van der Waals surface area contributed by atoms with Crippen LogP contribution in [0.3, 0.4) is 0 Å². The lowest BCUT2D eigenvalue weighted by Gasteiger charge is -2.06. The average Bonchev–Trinajstić information content (AvgIpc) is 2.92. The van der Waals surface area contributed by atoms with Gasteiger partial charge in [0, 0.05) is 16.6 Å². The van der Waals surface area contributed by atoms with Crippen LogP contribution in [-0.4, -0.2) is 15.9 Å². The SMILES string of the molecule is O=C(NCc1ccc2nc[nH]c2c1)c1cccc(Br)c1. The van der Waals surface area contributed by atoms with E-state index >= 15 is 0 Å². The van der Waals surface area contributed by atoms with Gasteiger partial charge in [-0.25, -0.2) is 4.98 Å². The number of imidazole rings is 1. The number of hydrogen-bond acceptors (Lipinski definition) is 2. The van der Waals surface area contributed by atoms with Crippen molar-refractivity contribution in [2.75, 3.05) is 0 Å². The zero-order chi connectivity index (χ0) is 13.9. The van der Waals surface area contributed by atoms with Crippen LogP contribution >= 0.6 is 15.9 Å². The van der Waals surface area contributed by atoms with Crippen LogP contribution in [-0.2, 0) is 6.54 Å². The van der Waals surface area contributed by atoms with Crippen molar-refractivity contribution in [3.8, 4) is 0 Å². The van der Waals surface area contributed by atoms with E-state index < -0.39 is 0 Å². The van der Waals surface area contributed by atoms with Gasteiger partial charge in [0.1, 0.15) is 0 Å². The Labute approximate surface area is 124 Å². The molecular weight excluding hydrogens is 318 g/mol. The van der Waals surface area contributed by atoms with Crippen LogP contribution in [0.15, 0.2) is 53.3 Å². The van der Waals surface area contributed by atoms with Crippen LogP contribution < -0.4 is 5.32 Å². The lowest BCUT2D eigenvalue weighted by molar-refractivity contribution is 0.0951. The van der Waals surface area contributed by atoms with Crippen LogP contribution in [0.1, 0.15) is 15.9 Å². The van der Waals surface area contributed by atoms with Crippen molar-refractivity contribution < 1.29 is 4.79 Å². The molecule has 0 fully saturated rings. The Morgan fingerprint density at radius 2 is 2.15 bits per heavy atom. The minimum Gasteiger partial charge on any atom is -0.348 e. The van der Waals surface area contributed by atoms with Crippen molar-refractivity contribution >= 4 is 32.9 Å². The number of benzene rings is 2. The average molecular weight is 330 g/mol. The van der Waals surface area contributed by atoms with Gasteiger partial charge in [0.05, 0.1) is 17.4 Å². The maximum atomic E-state index is 12.0. The molecule has 0 aliphatic heterocycles. The van der Waals surface area contributed by atoms with Gasteiger partial charge in [-0.05, 0) is 35.9 Å². The number of nitrogens with zero attached hydrogens (tertiary/aromatic N) is 1. The number of hydrogen-bond donors (Lipinski definition) is 2. The number of aromatic amines is 1. The number of halogens is 1. The first-order chi connectivity index (χ1) is 9.72. The Morgan fingerprint density at radius 1 is 1.25 bits per heavy atom. The predicted molar refractivity (Wildman–Crippen MR) is 81.4 cm³/mol. The highest BCUT2D eigenvalue weighted by Crippen LogP contribution is 2.13. The van der Waals surface area contributed by atoms with Gasteiger partial charge in [-0.1, -0.05) is 28.1 Å². The van der Waals surface area contributed by atoms with Gasteiger partial charge in [-0.2, -0.15) is 0 Å². The first-order valence-electron chi connectivity index (χ1n) is 6.18. The highest BCUT2D eigenvalue weighted by molar-refractivity contribution is 9.10. The summed E-state index contributed by atoms with van der Waals surface area (Å²) in [4.78, 5) is 19.3. The summed E-state index contributed by atoms with van der Waals surface area (Å²) >= 11 is 3.36. The molecule has 0 aliphatic rings. The molecule has 4 nitrogen and oxygen atoms in total. The fourth-order valence-corrected chi connectivity index (χ4v) is 2.41. The third-order valence-electron chi connectivity index (χ3n) is 3.02. The molecule has 0 bridgehead atoms. The number of H-pyrrole nitrogens is 1. The Kier molecular flexibility index (Phi) is 3.52. The summed E-state index contributed by atoms with van der Waals surface area (Å²) < 4.78 is 0.893. The zero-order valence-corrected chi connectivity index (χ0v) is 12.1. The quantitative estimate of drug-likeness (QED) is 0.774. The number of amides is 1. The smallest absolute Gasteiger partial charge is 0.251 e. The fourth-order valence-electron chi connectivity index (χ4n) is 2.01. The fraction of sp³-hybridized carbons (Fsp3) is 0.0667. The van der Waals surface area contributed by atoms with E-state index in [0.29, 0.717) is 12.1 Å². The number of carbonyl (C=O) groups excluding carboxylic acids is 1. The molecular formula is C15H12BrN3O. The first kappa shape index (κ1) is 12.9. The van der Waals surface area contributed by atoms with Crippen LogP contribution in [0.2, 0.25) is 0 Å². The minimum absolute atomic E-state index is 0.0870. The second-order valence-corrected chi connectivity index (χ2v) is 5.36. The van der Waals surface area contributed by atoms with E-state index in [9.17, 15) is 4.79 Å². The van der Waals surface area contributed by atoms with E-state index in [0.717, 1.165) is 21.1 Å². The highest BCUT2D eigenvalue weighted by Gasteiger charge is 2.06. The topological polar surface area (TPSA) is 57.8 Å². The summed E-state index contributed by atoms with van der Waals surface area (Å²) in [7, 11) is 0. The molecule has 0 radical (unpaired) electrons. The van der Waals surface area contributed by atoms with Gasteiger partial charge in [0.15, 0.2) is 0 Å². The van der Waals surface area contributed by atoms with Gasteiger partial charge >= 0.3 is 0 Å². The van der Waals surface area contributed by atoms with Crippen molar-refractivity contribution in [1.29, 1.82) is 0 Å². The number of fused-ring (bicyclic) bond motifs is 1. The third-order valence-corrected chi connectivity index (χ3v) is 3.52. The summed E-state index contributed by atoms with van der Waals surface area (Å²) in [5.41, 5.74) is 3.57. The molecule has 0 atom stereocenters. The first-order valence-corrected chi connectivity index (χ1v) is 6.97. The molecule has 3 aromatic rings. The number of carbonyl (C=O) groups is 1. The second-order valence-electron chi connectivity index (χ2n) is 4.45. The summed E-state index contributed by atoms with van der Waals surface area (Å²) in [5, 5.41) is 2.91. The van der Waals surface area contributed by atoms with Crippen LogP contribution in [0.25, 0.3) is 11.0 Å². The molecule has 3 rings (SSSR count). The maximum absolute atomic E-state index is 12.0. The molecule has 1 aromatic heterocycles. The maximum Gasteiger partial charge on any atom is 0.251 e. The largest absolute Gasteiger partial charge is 0.348 e. The van der Waals surface area contributed by atoms with Gasteiger partial charge in [-0.15, -0.1) is 0 Å². The lowest BCUT2D eigenvalue weighted by Crippen LogP contribution is -2.22. The van der Waals surface area contributed by atoms with E-state index in [1.165, 1.54) is 0 Å². The Hall–Kier alpha value is -2.14. The van der Waals surface area contributed by atoms with Crippen molar-refractivity contribution in [3.05, 3.63) is 64.4 Å². The van der Waals surface area contributed by atoms with E-state index in [-0.39, 0.29) is 5.91 Å². The Morgan fingerprint density at radius 3 is 3.00 bits per heavy atom. The van der Waals surface area contributed by atoms with Gasteiger partial charge in [0.25, 0.3) is 5.91 Å². The summed E-state index contributed by atoms with van der Waals surface area (Å²) in [6.45, 7) is 0.486. The predicted octanol–water partition coefficient (Wildman–Crippen LogP) is 3.26. The van der Waals surface area contributed by atoms with Gasteiger partial charge < -0.3 is 10.3 Å². The number of aromatic nitrogens is 2. The molecule has 0 unspecified atom stereocenters. The molecule has 0 spiro atoms. The van der Waals surface area contributed by atoms with Crippen LogP contribution in [0, 0.1) is 0 Å². The zero-order valence-electron chi connectivity index (χ0n) is 10.6. The van der Waals surface area contributed by atoms with Crippen molar-refractivity contribution in [3.63, 3.8) is 0 Å². The lowest BCUT2D eigenvalue weighted by atomic mass is 10.2. The normalized spacial score (nSPS) is 10.7. The van der Waals surface area contributed by atoms with Crippen molar-refractivity contribution in [1.82, 2.24) is 15.3 Å². The molecule has 100 valence electrons. The molecule has 1 amide bonds. The molecule has 0 saturated carbocycles.